The maximum Gasteiger partial charge on any atom is 0.262 e. The number of methoxy groups -OCH3 is 1. The lowest BCUT2D eigenvalue weighted by Crippen LogP contribution is -2.51. The molecule has 2 amide bonds. The number of carbonyl (C=O) groups is 2. The first-order valence-electron chi connectivity index (χ1n) is 16.4. The average molecular weight is 777 g/mol. The number of rotatable bonds is 18. The van der Waals surface area contributed by atoms with E-state index in [2.05, 4.69) is 20.6 Å². The van der Waals surface area contributed by atoms with Gasteiger partial charge in [0.1, 0.15) is 17.8 Å². The van der Waals surface area contributed by atoms with E-state index in [1.54, 1.807) is 50.8 Å². The van der Waals surface area contributed by atoms with Crippen molar-refractivity contribution in [2.24, 2.45) is 11.8 Å². The highest BCUT2D eigenvalue weighted by atomic mass is 32.2. The molecule has 0 radical (unpaired) electrons. The summed E-state index contributed by atoms with van der Waals surface area (Å²) in [5.74, 6) is -2.48. The van der Waals surface area contributed by atoms with Crippen LogP contribution in [0.15, 0.2) is 70.7 Å². The summed E-state index contributed by atoms with van der Waals surface area (Å²) < 4.78 is 65.3. The summed E-state index contributed by atoms with van der Waals surface area (Å²) >= 11 is 0. The second-order valence-corrected chi connectivity index (χ2v) is 16.6. The van der Waals surface area contributed by atoms with Gasteiger partial charge in [-0.05, 0) is 55.2 Å². The van der Waals surface area contributed by atoms with E-state index in [9.17, 15) is 36.8 Å². The number of nitrogens with one attached hydrogen (secondary N) is 2. The number of carbonyl (C=O) groups excluding carboxylic acids is 2. The first-order valence-corrected chi connectivity index (χ1v) is 19.3. The molecule has 0 aliphatic rings. The predicted molar refractivity (Wildman–Crippen MR) is 187 cm³/mol. The summed E-state index contributed by atoms with van der Waals surface area (Å²) in [5.41, 5.74) is 4.40. The van der Waals surface area contributed by atoms with Gasteiger partial charge in [-0.15, -0.1) is 10.2 Å². The molecule has 0 fully saturated rings. The Morgan fingerprint density at radius 3 is 1.43 bits per heavy atom. The van der Waals surface area contributed by atoms with E-state index in [4.69, 9.17) is 4.74 Å². The summed E-state index contributed by atoms with van der Waals surface area (Å²) in [6.07, 6.45) is 3.01. The predicted octanol–water partition coefficient (Wildman–Crippen LogP) is 1.33. The van der Waals surface area contributed by atoms with Crippen LogP contribution >= 0.6 is 0 Å². The van der Waals surface area contributed by atoms with Crippen LogP contribution in [0.25, 0.3) is 0 Å². The minimum absolute atomic E-state index is 0.0408. The van der Waals surface area contributed by atoms with Crippen LogP contribution in [0.2, 0.25) is 0 Å². The number of benzene rings is 2. The van der Waals surface area contributed by atoms with Crippen molar-refractivity contribution in [1.29, 1.82) is 0 Å². The Hall–Kier alpha value is -4.80. The number of amides is 2. The first kappa shape index (κ1) is 41.0. The van der Waals surface area contributed by atoms with Crippen molar-refractivity contribution >= 4 is 31.9 Å². The third-order valence-corrected chi connectivity index (χ3v) is 12.0. The molecular formula is C32H44N10O9S2. The molecule has 4 aromatic rings. The summed E-state index contributed by atoms with van der Waals surface area (Å²) in [6.45, 7) is 8.06. The lowest BCUT2D eigenvalue weighted by molar-refractivity contribution is -0.135. The molecule has 0 bridgehead atoms. The van der Waals surface area contributed by atoms with Crippen molar-refractivity contribution in [3.05, 3.63) is 77.9 Å². The fraction of sp³-hybridized carbons (Fsp3) is 0.438. The summed E-state index contributed by atoms with van der Waals surface area (Å²) in [6, 6.07) is 9.21. The Labute approximate surface area is 307 Å². The van der Waals surface area contributed by atoms with Gasteiger partial charge in [-0.1, -0.05) is 55.8 Å². The van der Waals surface area contributed by atoms with Gasteiger partial charge >= 0.3 is 0 Å². The Kier molecular flexibility index (Phi) is 13.4. The molecule has 4 rings (SSSR count). The van der Waals surface area contributed by atoms with Gasteiger partial charge in [0, 0.05) is 12.4 Å². The van der Waals surface area contributed by atoms with Crippen molar-refractivity contribution in [1.82, 2.24) is 49.6 Å². The van der Waals surface area contributed by atoms with Gasteiger partial charge in [-0.25, -0.2) is 27.8 Å². The lowest BCUT2D eigenvalue weighted by Gasteiger charge is -2.31. The molecule has 288 valence electrons. The Balaban J connectivity index is 1.55. The van der Waals surface area contributed by atoms with E-state index >= 15 is 0 Å². The van der Waals surface area contributed by atoms with Crippen molar-refractivity contribution in [3.63, 3.8) is 0 Å². The smallest absolute Gasteiger partial charge is 0.262 e. The van der Waals surface area contributed by atoms with Crippen LogP contribution in [0.5, 0.6) is 5.75 Å². The SMILES string of the molecule is COc1ccc(S(=O)(=O)N(Cc2cn(CCn3cc(CN([C@@H](C(=O)NO)C(C)C)S(=O)(=O)c4ccc(C)cc4)nn3)nn2)[C@@H](C(=O)NO)C(C)C)cc1. The van der Waals surface area contributed by atoms with Crippen LogP contribution in [0.4, 0.5) is 0 Å². The molecule has 2 aromatic carbocycles. The standard InChI is InChI=1S/C32H44N10O9S2/c1-21(2)29(31(43)35-45)41(52(47,48)27-11-7-23(5)8-12-27)19-24-17-39(37-33-24)15-16-40-18-25(34-38-40)20-42(30(22(3)4)32(44)36-46)53(49,50)28-13-9-26(51-6)10-14-28/h7-14,17-18,21-22,29-30,45-46H,15-16,19-20H2,1-6H3,(H,35,43)(H,36,44)/t29-,30-/m1/s1. The summed E-state index contributed by atoms with van der Waals surface area (Å²) in [4.78, 5) is 25.3. The fourth-order valence-electron chi connectivity index (χ4n) is 5.62. The molecule has 0 saturated heterocycles. The molecule has 2 aromatic heterocycles. The number of hydrogen-bond donors (Lipinski definition) is 4. The minimum Gasteiger partial charge on any atom is -0.497 e. The van der Waals surface area contributed by atoms with Gasteiger partial charge in [0.15, 0.2) is 0 Å². The number of hydrogen-bond acceptors (Lipinski definition) is 13. The average Bonchev–Trinajstić information content (AvgIpc) is 3.78. The highest BCUT2D eigenvalue weighted by Gasteiger charge is 2.40. The molecule has 0 aliphatic heterocycles. The zero-order valence-corrected chi connectivity index (χ0v) is 31.7. The van der Waals surface area contributed by atoms with E-state index in [1.165, 1.54) is 65.3 Å². The topological polar surface area (TPSA) is 244 Å². The number of nitrogens with zero attached hydrogens (tertiary/aromatic N) is 8. The van der Waals surface area contributed by atoms with E-state index in [1.807, 2.05) is 6.92 Å². The molecule has 0 unspecified atom stereocenters. The largest absolute Gasteiger partial charge is 0.497 e. The molecule has 0 saturated carbocycles. The van der Waals surface area contributed by atoms with Crippen LogP contribution in [-0.4, -0.2) is 96.9 Å². The maximum atomic E-state index is 13.9. The maximum absolute atomic E-state index is 13.9. The highest BCUT2D eigenvalue weighted by Crippen LogP contribution is 2.27. The Morgan fingerprint density at radius 1 is 0.717 bits per heavy atom. The van der Waals surface area contributed by atoms with Crippen molar-refractivity contribution in [2.45, 2.75) is 82.7 Å². The second-order valence-electron chi connectivity index (χ2n) is 12.9. The molecule has 0 spiro atoms. The van der Waals surface area contributed by atoms with Crippen molar-refractivity contribution < 1.29 is 41.6 Å². The number of hydroxylamine groups is 2. The monoisotopic (exact) mass is 776 g/mol. The molecule has 19 nitrogen and oxygen atoms in total. The number of aryl methyl sites for hydroxylation is 3. The van der Waals surface area contributed by atoms with Crippen LogP contribution in [0.3, 0.4) is 0 Å². The van der Waals surface area contributed by atoms with Crippen molar-refractivity contribution in [2.75, 3.05) is 7.11 Å². The zero-order chi connectivity index (χ0) is 39.1. The minimum atomic E-state index is -4.31. The molecule has 2 atom stereocenters. The van der Waals surface area contributed by atoms with E-state index in [0.29, 0.717) is 5.75 Å². The molecule has 0 aliphatic carbocycles. The molecule has 2 heterocycles. The summed E-state index contributed by atoms with van der Waals surface area (Å²) in [7, 11) is -7.11. The number of sulfonamides is 2. The van der Waals surface area contributed by atoms with Gasteiger partial charge in [0.2, 0.25) is 20.0 Å². The van der Waals surface area contributed by atoms with Crippen molar-refractivity contribution in [3.8, 4) is 5.75 Å². The first-order chi connectivity index (χ1) is 25.0. The van der Waals surface area contributed by atoms with Gasteiger partial charge < -0.3 is 4.74 Å². The zero-order valence-electron chi connectivity index (χ0n) is 30.1. The van der Waals surface area contributed by atoms with E-state index in [0.717, 1.165) is 14.2 Å². The van der Waals surface area contributed by atoms with Crippen LogP contribution in [0, 0.1) is 18.8 Å². The van der Waals surface area contributed by atoms with Gasteiger partial charge in [0.25, 0.3) is 11.8 Å². The molecule has 53 heavy (non-hydrogen) atoms. The molecule has 4 N–H and O–H groups in total. The third-order valence-electron chi connectivity index (χ3n) is 8.30. The van der Waals surface area contributed by atoms with Gasteiger partial charge in [-0.3, -0.25) is 29.4 Å². The Bertz CT molecular complexity index is 2070. The molecule has 21 heteroatoms. The molecular weight excluding hydrogens is 733 g/mol. The quantitative estimate of drug-likeness (QED) is 0.0824. The summed E-state index contributed by atoms with van der Waals surface area (Å²) in [5, 5.41) is 35.3. The highest BCUT2D eigenvalue weighted by molar-refractivity contribution is 7.89. The van der Waals surface area contributed by atoms with Gasteiger partial charge in [-0.2, -0.15) is 8.61 Å². The third kappa shape index (κ3) is 9.60. The van der Waals surface area contributed by atoms with E-state index < -0.39 is 55.8 Å². The fourth-order valence-corrected chi connectivity index (χ4v) is 9.01. The Morgan fingerprint density at radius 2 is 1.09 bits per heavy atom. The van der Waals surface area contributed by atoms with Crippen LogP contribution in [-0.2, 0) is 55.8 Å². The normalized spacial score (nSPS) is 13.4. The van der Waals surface area contributed by atoms with Gasteiger partial charge in [0.05, 0.1) is 54.5 Å². The van der Waals surface area contributed by atoms with E-state index in [-0.39, 0.29) is 47.4 Å². The second kappa shape index (κ2) is 17.4. The lowest BCUT2D eigenvalue weighted by atomic mass is 10.0. The number of ether oxygens (including phenoxy) is 1. The van der Waals surface area contributed by atoms with Crippen LogP contribution in [0.1, 0.15) is 44.6 Å². The number of aromatic nitrogens is 6. The van der Waals surface area contributed by atoms with Crippen LogP contribution < -0.4 is 15.7 Å².